The molecule has 32 heavy (non-hydrogen) atoms. The van der Waals surface area contributed by atoms with E-state index < -0.39 is 11.8 Å². The summed E-state index contributed by atoms with van der Waals surface area (Å²) in [5.74, 6) is -1.29. The van der Waals surface area contributed by atoms with E-state index in [9.17, 15) is 14.4 Å². The molecule has 0 unspecified atom stereocenters. The van der Waals surface area contributed by atoms with Crippen molar-refractivity contribution in [1.29, 1.82) is 0 Å². The first-order valence-electron chi connectivity index (χ1n) is 9.66. The molecule has 1 aliphatic rings. The second kappa shape index (κ2) is 9.54. The van der Waals surface area contributed by atoms with Crippen molar-refractivity contribution in [3.05, 3.63) is 104 Å². The lowest BCUT2D eigenvalue weighted by Crippen LogP contribution is -2.31. The Labute approximate surface area is 203 Å². The van der Waals surface area contributed by atoms with Gasteiger partial charge in [0.25, 0.3) is 17.7 Å². The molecule has 8 heteroatoms. The van der Waals surface area contributed by atoms with E-state index in [4.69, 9.17) is 11.6 Å². The summed E-state index contributed by atoms with van der Waals surface area (Å²) in [6.07, 6.45) is 0. The first kappa shape index (κ1) is 22.0. The zero-order chi connectivity index (χ0) is 22.7. The van der Waals surface area contributed by atoms with Crippen LogP contribution in [0, 0.1) is 3.57 Å². The normalized spacial score (nSPS) is 13.5. The van der Waals surface area contributed by atoms with Gasteiger partial charge in [-0.3, -0.25) is 19.3 Å². The van der Waals surface area contributed by atoms with E-state index in [1.807, 2.05) is 54.6 Å². The number of anilines is 2. The summed E-state index contributed by atoms with van der Waals surface area (Å²) < 4.78 is 1.08. The van der Waals surface area contributed by atoms with Crippen LogP contribution >= 0.6 is 34.2 Å². The SMILES string of the molecule is O=C(Nc1ccc(I)cc1)c1ccc(NC2=C(Cl)C(=O)N(Cc3ccccc3)C2=O)cc1. The highest BCUT2D eigenvalue weighted by Gasteiger charge is 2.37. The molecule has 2 N–H and O–H groups in total. The van der Waals surface area contributed by atoms with E-state index in [-0.39, 0.29) is 23.2 Å². The Morgan fingerprint density at radius 2 is 1.47 bits per heavy atom. The fourth-order valence-corrected chi connectivity index (χ4v) is 3.74. The average molecular weight is 558 g/mol. The minimum Gasteiger partial charge on any atom is -0.350 e. The van der Waals surface area contributed by atoms with Crippen molar-refractivity contribution in [3.8, 4) is 0 Å². The topological polar surface area (TPSA) is 78.5 Å². The van der Waals surface area contributed by atoms with E-state index in [2.05, 4.69) is 33.2 Å². The van der Waals surface area contributed by atoms with Gasteiger partial charge in [0.1, 0.15) is 10.7 Å². The van der Waals surface area contributed by atoms with Gasteiger partial charge in [0.05, 0.1) is 6.54 Å². The number of halogens is 2. The third kappa shape index (κ3) is 4.84. The van der Waals surface area contributed by atoms with E-state index in [0.717, 1.165) is 14.0 Å². The van der Waals surface area contributed by atoms with Crippen molar-refractivity contribution >= 4 is 63.3 Å². The van der Waals surface area contributed by atoms with Crippen LogP contribution in [0.1, 0.15) is 15.9 Å². The fraction of sp³-hybridized carbons (Fsp3) is 0.0417. The maximum absolute atomic E-state index is 12.8. The van der Waals surface area contributed by atoms with Gasteiger partial charge in [0.2, 0.25) is 0 Å². The molecule has 3 amide bonds. The second-order valence-electron chi connectivity index (χ2n) is 7.03. The summed E-state index contributed by atoms with van der Waals surface area (Å²) in [5.41, 5.74) is 2.52. The van der Waals surface area contributed by atoms with Gasteiger partial charge in [-0.2, -0.15) is 0 Å². The highest BCUT2D eigenvalue weighted by Crippen LogP contribution is 2.27. The van der Waals surface area contributed by atoms with Gasteiger partial charge in [-0.05, 0) is 76.7 Å². The number of nitrogens with one attached hydrogen (secondary N) is 2. The fourth-order valence-electron chi connectivity index (χ4n) is 3.15. The predicted molar refractivity (Wildman–Crippen MR) is 132 cm³/mol. The number of benzene rings is 3. The Morgan fingerprint density at radius 1 is 0.844 bits per heavy atom. The molecule has 6 nitrogen and oxygen atoms in total. The summed E-state index contributed by atoms with van der Waals surface area (Å²) >= 11 is 8.35. The molecule has 0 radical (unpaired) electrons. The zero-order valence-electron chi connectivity index (χ0n) is 16.6. The molecule has 0 bridgehead atoms. The summed E-state index contributed by atoms with van der Waals surface area (Å²) in [6.45, 7) is 0.136. The molecule has 0 saturated heterocycles. The monoisotopic (exact) mass is 557 g/mol. The first-order valence-corrected chi connectivity index (χ1v) is 11.1. The van der Waals surface area contributed by atoms with Crippen LogP contribution in [0.3, 0.4) is 0 Å². The number of nitrogens with zero attached hydrogens (tertiary/aromatic N) is 1. The van der Waals surface area contributed by atoms with Gasteiger partial charge < -0.3 is 10.6 Å². The summed E-state index contributed by atoms with van der Waals surface area (Å²) in [6, 6.07) is 23.2. The van der Waals surface area contributed by atoms with Crippen LogP contribution in [-0.2, 0) is 16.1 Å². The molecule has 0 fully saturated rings. The summed E-state index contributed by atoms with van der Waals surface area (Å²) in [4.78, 5) is 38.8. The first-order chi connectivity index (χ1) is 15.4. The van der Waals surface area contributed by atoms with Crippen LogP contribution in [0.15, 0.2) is 89.6 Å². The number of carbonyl (C=O) groups excluding carboxylic acids is 3. The Hall–Kier alpha value is -3.17. The van der Waals surface area contributed by atoms with Gasteiger partial charge >= 0.3 is 0 Å². The number of hydrogen-bond acceptors (Lipinski definition) is 4. The Bertz CT molecular complexity index is 1210. The van der Waals surface area contributed by atoms with Gasteiger partial charge in [0.15, 0.2) is 0 Å². The van der Waals surface area contributed by atoms with Crippen LogP contribution in [0.25, 0.3) is 0 Å². The Balaban J connectivity index is 1.43. The molecule has 0 spiro atoms. The van der Waals surface area contributed by atoms with Gasteiger partial charge in [-0.1, -0.05) is 41.9 Å². The van der Waals surface area contributed by atoms with Crippen molar-refractivity contribution in [2.24, 2.45) is 0 Å². The Morgan fingerprint density at radius 3 is 2.12 bits per heavy atom. The minimum absolute atomic E-state index is 0.0173. The highest BCUT2D eigenvalue weighted by atomic mass is 127. The molecular formula is C24H17ClIN3O3. The maximum atomic E-state index is 12.8. The molecule has 0 saturated carbocycles. The van der Waals surface area contributed by atoms with E-state index in [0.29, 0.717) is 16.9 Å². The molecule has 160 valence electrons. The molecule has 0 aromatic heterocycles. The van der Waals surface area contributed by atoms with Crippen molar-refractivity contribution in [3.63, 3.8) is 0 Å². The molecule has 1 aliphatic heterocycles. The van der Waals surface area contributed by atoms with Crippen molar-refractivity contribution in [2.75, 3.05) is 10.6 Å². The number of carbonyl (C=O) groups is 3. The smallest absolute Gasteiger partial charge is 0.279 e. The lowest BCUT2D eigenvalue weighted by molar-refractivity contribution is -0.138. The van der Waals surface area contributed by atoms with Gasteiger partial charge in [0, 0.05) is 20.5 Å². The third-order valence-corrected chi connectivity index (χ3v) is 5.88. The summed E-state index contributed by atoms with van der Waals surface area (Å²) in [7, 11) is 0. The average Bonchev–Trinajstić information content (AvgIpc) is 3.00. The third-order valence-electron chi connectivity index (χ3n) is 4.81. The summed E-state index contributed by atoms with van der Waals surface area (Å²) in [5, 5.41) is 5.58. The highest BCUT2D eigenvalue weighted by molar-refractivity contribution is 14.1. The second-order valence-corrected chi connectivity index (χ2v) is 8.66. The van der Waals surface area contributed by atoms with Crippen molar-refractivity contribution in [2.45, 2.75) is 6.54 Å². The van der Waals surface area contributed by atoms with Crippen molar-refractivity contribution in [1.82, 2.24) is 4.90 Å². The number of hydrogen-bond donors (Lipinski definition) is 2. The van der Waals surface area contributed by atoms with E-state index >= 15 is 0 Å². The van der Waals surface area contributed by atoms with Gasteiger partial charge in [-0.15, -0.1) is 0 Å². The van der Waals surface area contributed by atoms with E-state index in [1.165, 1.54) is 0 Å². The van der Waals surface area contributed by atoms with Crippen LogP contribution in [-0.4, -0.2) is 22.6 Å². The molecular weight excluding hydrogens is 541 g/mol. The molecule has 3 aromatic carbocycles. The molecule has 0 aliphatic carbocycles. The maximum Gasteiger partial charge on any atom is 0.279 e. The number of imide groups is 1. The minimum atomic E-state index is -0.545. The lowest BCUT2D eigenvalue weighted by Gasteiger charge is -2.15. The number of rotatable bonds is 6. The molecule has 4 rings (SSSR count). The molecule has 0 atom stereocenters. The van der Waals surface area contributed by atoms with Gasteiger partial charge in [-0.25, -0.2) is 0 Å². The predicted octanol–water partition coefficient (Wildman–Crippen LogP) is 4.97. The quantitative estimate of drug-likeness (QED) is 0.331. The van der Waals surface area contributed by atoms with Crippen LogP contribution in [0.2, 0.25) is 0 Å². The Kier molecular flexibility index (Phi) is 6.57. The standard InChI is InChI=1S/C24H17ClIN3O3/c25-20-21(24(32)29(23(20)31)14-15-4-2-1-3-5-15)27-18-10-6-16(7-11-18)22(30)28-19-12-8-17(26)9-13-19/h1-13,27H,14H2,(H,28,30). The lowest BCUT2D eigenvalue weighted by atomic mass is 10.2. The van der Waals surface area contributed by atoms with Crippen LogP contribution < -0.4 is 10.6 Å². The zero-order valence-corrected chi connectivity index (χ0v) is 19.6. The molecule has 3 aromatic rings. The van der Waals surface area contributed by atoms with Crippen molar-refractivity contribution < 1.29 is 14.4 Å². The van der Waals surface area contributed by atoms with E-state index in [1.54, 1.807) is 24.3 Å². The number of amides is 3. The van der Waals surface area contributed by atoms with Crippen LogP contribution in [0.5, 0.6) is 0 Å². The van der Waals surface area contributed by atoms with Crippen LogP contribution in [0.4, 0.5) is 11.4 Å². The largest absolute Gasteiger partial charge is 0.350 e. The molecule has 1 heterocycles.